The zero-order valence-corrected chi connectivity index (χ0v) is 10.7. The van der Waals surface area contributed by atoms with Gasteiger partial charge in [-0.25, -0.2) is 0 Å². The van der Waals surface area contributed by atoms with Gasteiger partial charge in [-0.1, -0.05) is 18.2 Å². The smallest absolute Gasteiger partial charge is 0.222 e. The molecular formula is C14H20N2O2. The Kier molecular flexibility index (Phi) is 3.87. The fourth-order valence-corrected chi connectivity index (χ4v) is 2.23. The Bertz CT molecular complexity index is 428. The van der Waals surface area contributed by atoms with E-state index >= 15 is 0 Å². The molecule has 1 saturated carbocycles. The van der Waals surface area contributed by atoms with Crippen LogP contribution in [0.3, 0.4) is 0 Å². The van der Waals surface area contributed by atoms with E-state index < -0.39 is 0 Å². The van der Waals surface area contributed by atoms with Gasteiger partial charge < -0.3 is 15.8 Å². The Morgan fingerprint density at radius 1 is 1.44 bits per heavy atom. The van der Waals surface area contributed by atoms with Gasteiger partial charge in [-0.05, 0) is 25.3 Å². The second kappa shape index (κ2) is 5.40. The molecule has 0 saturated heterocycles. The number of benzene rings is 1. The van der Waals surface area contributed by atoms with Gasteiger partial charge in [-0.15, -0.1) is 0 Å². The van der Waals surface area contributed by atoms with E-state index in [4.69, 9.17) is 10.5 Å². The lowest BCUT2D eigenvalue weighted by atomic mass is 9.75. The van der Waals surface area contributed by atoms with Gasteiger partial charge >= 0.3 is 0 Å². The number of carbonyl (C=O) groups is 1. The lowest BCUT2D eigenvalue weighted by molar-refractivity contribution is -0.123. The Balaban J connectivity index is 1.85. The molecule has 1 fully saturated rings. The van der Waals surface area contributed by atoms with Crippen molar-refractivity contribution in [3.05, 3.63) is 29.8 Å². The minimum atomic E-state index is -0.259. The number of rotatable bonds is 5. The normalized spacial score (nSPS) is 16.8. The summed E-state index contributed by atoms with van der Waals surface area (Å²) in [6.07, 6.45) is 3.46. The summed E-state index contributed by atoms with van der Waals surface area (Å²) >= 11 is 0. The molecule has 0 heterocycles. The standard InChI is InChI=1S/C14H20N2O2/c1-18-12-6-3-2-5-11(12)10-16-13(17)9-14(15)7-4-8-14/h2-3,5-6H,4,7-10,15H2,1H3,(H,16,17). The molecule has 2 rings (SSSR count). The molecule has 98 valence electrons. The molecule has 3 N–H and O–H groups in total. The molecule has 0 atom stereocenters. The monoisotopic (exact) mass is 248 g/mol. The van der Waals surface area contributed by atoms with Crippen molar-refractivity contribution in [1.29, 1.82) is 0 Å². The Morgan fingerprint density at radius 2 is 2.17 bits per heavy atom. The average molecular weight is 248 g/mol. The SMILES string of the molecule is COc1ccccc1CNC(=O)CC1(N)CCC1. The highest BCUT2D eigenvalue weighted by molar-refractivity contribution is 5.77. The quantitative estimate of drug-likeness (QED) is 0.831. The van der Waals surface area contributed by atoms with Crippen molar-refractivity contribution < 1.29 is 9.53 Å². The number of methoxy groups -OCH3 is 1. The Morgan fingerprint density at radius 3 is 2.78 bits per heavy atom. The maximum atomic E-state index is 11.8. The predicted octanol–water partition coefficient (Wildman–Crippen LogP) is 1.58. The highest BCUT2D eigenvalue weighted by Crippen LogP contribution is 2.31. The van der Waals surface area contributed by atoms with Crippen LogP contribution in [0.1, 0.15) is 31.2 Å². The van der Waals surface area contributed by atoms with E-state index in [0.29, 0.717) is 13.0 Å². The van der Waals surface area contributed by atoms with Crippen molar-refractivity contribution in [1.82, 2.24) is 5.32 Å². The summed E-state index contributed by atoms with van der Waals surface area (Å²) in [4.78, 5) is 11.8. The maximum Gasteiger partial charge on any atom is 0.222 e. The molecule has 0 spiro atoms. The summed E-state index contributed by atoms with van der Waals surface area (Å²) in [6, 6.07) is 7.67. The van der Waals surface area contributed by atoms with Gasteiger partial charge in [0.25, 0.3) is 0 Å². The molecule has 1 aliphatic carbocycles. The van der Waals surface area contributed by atoms with E-state index in [1.165, 1.54) is 0 Å². The highest BCUT2D eigenvalue weighted by atomic mass is 16.5. The minimum Gasteiger partial charge on any atom is -0.496 e. The van der Waals surface area contributed by atoms with Gasteiger partial charge in [0.15, 0.2) is 0 Å². The van der Waals surface area contributed by atoms with Crippen LogP contribution in [0.25, 0.3) is 0 Å². The predicted molar refractivity (Wildman–Crippen MR) is 70.2 cm³/mol. The highest BCUT2D eigenvalue weighted by Gasteiger charge is 2.34. The first-order chi connectivity index (χ1) is 8.63. The molecule has 0 radical (unpaired) electrons. The number of hydrogen-bond donors (Lipinski definition) is 2. The van der Waals surface area contributed by atoms with Crippen LogP contribution in [0.2, 0.25) is 0 Å². The van der Waals surface area contributed by atoms with Crippen molar-refractivity contribution in [2.45, 2.75) is 37.8 Å². The topological polar surface area (TPSA) is 64.3 Å². The van der Waals surface area contributed by atoms with Gasteiger partial charge in [0.1, 0.15) is 5.75 Å². The molecule has 0 aliphatic heterocycles. The van der Waals surface area contributed by atoms with Crippen LogP contribution in [-0.4, -0.2) is 18.6 Å². The molecule has 1 aromatic rings. The number of carbonyl (C=O) groups excluding carboxylic acids is 1. The number of para-hydroxylation sites is 1. The summed E-state index contributed by atoms with van der Waals surface area (Å²) in [5.74, 6) is 0.812. The van der Waals surface area contributed by atoms with Gasteiger partial charge in [0, 0.05) is 24.1 Å². The van der Waals surface area contributed by atoms with Crippen LogP contribution in [0, 0.1) is 0 Å². The van der Waals surface area contributed by atoms with Crippen LogP contribution >= 0.6 is 0 Å². The molecule has 0 bridgehead atoms. The zero-order valence-electron chi connectivity index (χ0n) is 10.7. The Labute approximate surface area is 108 Å². The van der Waals surface area contributed by atoms with Crippen LogP contribution < -0.4 is 15.8 Å². The van der Waals surface area contributed by atoms with Crippen LogP contribution in [0.15, 0.2) is 24.3 Å². The fraction of sp³-hybridized carbons (Fsp3) is 0.500. The third kappa shape index (κ3) is 3.01. The van der Waals surface area contributed by atoms with Crippen molar-refractivity contribution in [2.24, 2.45) is 5.73 Å². The largest absolute Gasteiger partial charge is 0.496 e. The molecule has 4 nitrogen and oxygen atoms in total. The van der Waals surface area contributed by atoms with E-state index in [1.807, 2.05) is 24.3 Å². The number of amides is 1. The van der Waals surface area contributed by atoms with E-state index in [2.05, 4.69) is 5.32 Å². The molecule has 0 unspecified atom stereocenters. The summed E-state index contributed by atoms with van der Waals surface area (Å²) < 4.78 is 5.23. The molecule has 1 amide bonds. The van der Waals surface area contributed by atoms with Gasteiger partial charge in [0.05, 0.1) is 7.11 Å². The van der Waals surface area contributed by atoms with Crippen molar-refractivity contribution in [3.8, 4) is 5.75 Å². The third-order valence-electron chi connectivity index (χ3n) is 3.53. The molecule has 4 heteroatoms. The van der Waals surface area contributed by atoms with E-state index in [9.17, 15) is 4.79 Å². The third-order valence-corrected chi connectivity index (χ3v) is 3.53. The molecule has 18 heavy (non-hydrogen) atoms. The second-order valence-corrected chi connectivity index (χ2v) is 4.98. The van der Waals surface area contributed by atoms with Crippen LogP contribution in [0.4, 0.5) is 0 Å². The number of ether oxygens (including phenoxy) is 1. The first kappa shape index (κ1) is 12.9. The second-order valence-electron chi connectivity index (χ2n) is 4.98. The zero-order chi connectivity index (χ0) is 13.0. The van der Waals surface area contributed by atoms with Gasteiger partial charge in [0.2, 0.25) is 5.91 Å². The van der Waals surface area contributed by atoms with Crippen molar-refractivity contribution in [3.63, 3.8) is 0 Å². The summed E-state index contributed by atoms with van der Waals surface area (Å²) in [5.41, 5.74) is 6.76. The van der Waals surface area contributed by atoms with Gasteiger partial charge in [-0.3, -0.25) is 4.79 Å². The van der Waals surface area contributed by atoms with Crippen LogP contribution in [0.5, 0.6) is 5.75 Å². The Hall–Kier alpha value is -1.55. The number of nitrogens with one attached hydrogen (secondary N) is 1. The van der Waals surface area contributed by atoms with Crippen molar-refractivity contribution in [2.75, 3.05) is 7.11 Å². The summed E-state index contributed by atoms with van der Waals surface area (Å²) in [7, 11) is 1.63. The molecule has 1 aliphatic rings. The molecule has 0 aromatic heterocycles. The van der Waals surface area contributed by atoms with E-state index in [1.54, 1.807) is 7.11 Å². The fourth-order valence-electron chi connectivity index (χ4n) is 2.23. The van der Waals surface area contributed by atoms with Crippen molar-refractivity contribution >= 4 is 5.91 Å². The number of hydrogen-bond acceptors (Lipinski definition) is 3. The van der Waals surface area contributed by atoms with Gasteiger partial charge in [-0.2, -0.15) is 0 Å². The first-order valence-corrected chi connectivity index (χ1v) is 6.30. The van der Waals surface area contributed by atoms with E-state index in [0.717, 1.165) is 30.6 Å². The summed E-state index contributed by atoms with van der Waals surface area (Å²) in [5, 5.41) is 2.90. The lowest BCUT2D eigenvalue weighted by Gasteiger charge is -2.37. The first-order valence-electron chi connectivity index (χ1n) is 6.30. The molecular weight excluding hydrogens is 228 g/mol. The average Bonchev–Trinajstić information content (AvgIpc) is 2.34. The summed E-state index contributed by atoms with van der Waals surface area (Å²) in [6.45, 7) is 0.485. The number of nitrogens with two attached hydrogens (primary N) is 1. The minimum absolute atomic E-state index is 0.0168. The lowest BCUT2D eigenvalue weighted by Crippen LogP contribution is -2.49. The molecule has 1 aromatic carbocycles. The van der Waals surface area contributed by atoms with Crippen LogP contribution in [-0.2, 0) is 11.3 Å². The maximum absolute atomic E-state index is 11.8. The van der Waals surface area contributed by atoms with E-state index in [-0.39, 0.29) is 11.4 Å².